The Morgan fingerprint density at radius 1 is 1.17 bits per heavy atom. The lowest BCUT2D eigenvalue weighted by Crippen LogP contribution is -2.46. The number of ether oxygens (including phenoxy) is 1. The van der Waals surface area contributed by atoms with Gasteiger partial charge in [0.15, 0.2) is 0 Å². The van der Waals surface area contributed by atoms with E-state index in [2.05, 4.69) is 24.1 Å². The number of likely N-dealkylation sites (tertiary alicyclic amines) is 1. The molecule has 18 heavy (non-hydrogen) atoms. The van der Waals surface area contributed by atoms with Gasteiger partial charge in [-0.2, -0.15) is 0 Å². The summed E-state index contributed by atoms with van der Waals surface area (Å²) in [7, 11) is 0. The molecule has 3 heteroatoms. The van der Waals surface area contributed by atoms with E-state index >= 15 is 0 Å². The van der Waals surface area contributed by atoms with E-state index in [1.165, 1.54) is 64.7 Å². The average Bonchev–Trinajstić information content (AvgIpc) is 2.41. The minimum Gasteiger partial charge on any atom is -0.381 e. The molecule has 1 N–H and O–H groups in total. The van der Waals surface area contributed by atoms with Crippen LogP contribution in [-0.4, -0.2) is 50.3 Å². The molecule has 3 nitrogen and oxygen atoms in total. The highest BCUT2D eigenvalue weighted by atomic mass is 16.5. The molecule has 1 atom stereocenters. The van der Waals surface area contributed by atoms with Crippen molar-refractivity contribution >= 4 is 0 Å². The van der Waals surface area contributed by atoms with E-state index in [0.717, 1.165) is 19.3 Å². The lowest BCUT2D eigenvalue weighted by molar-refractivity contribution is 0.110. The van der Waals surface area contributed by atoms with E-state index in [9.17, 15) is 0 Å². The third-order valence-corrected chi connectivity index (χ3v) is 3.59. The molecule has 0 aromatic rings. The van der Waals surface area contributed by atoms with Crippen molar-refractivity contribution in [2.45, 2.75) is 58.4 Å². The van der Waals surface area contributed by atoms with Crippen LogP contribution in [0.3, 0.4) is 0 Å². The zero-order valence-electron chi connectivity index (χ0n) is 12.4. The molecule has 0 saturated carbocycles. The second kappa shape index (κ2) is 10.8. The second-order valence-corrected chi connectivity index (χ2v) is 5.41. The number of rotatable bonds is 10. The summed E-state index contributed by atoms with van der Waals surface area (Å²) in [6, 6.07) is 0.722. The molecule has 1 unspecified atom stereocenters. The van der Waals surface area contributed by atoms with Crippen molar-refractivity contribution in [1.29, 1.82) is 0 Å². The summed E-state index contributed by atoms with van der Waals surface area (Å²) in [6.07, 6.45) is 7.55. The minimum absolute atomic E-state index is 0.722. The minimum atomic E-state index is 0.722. The Morgan fingerprint density at radius 3 is 2.78 bits per heavy atom. The molecular weight excluding hydrogens is 224 g/mol. The Labute approximate surface area is 113 Å². The predicted molar refractivity (Wildman–Crippen MR) is 78.1 cm³/mol. The summed E-state index contributed by atoms with van der Waals surface area (Å²) in [6.45, 7) is 11.2. The SMILES string of the molecule is CCCCOCCCN1CCCC(NCCC)C1. The van der Waals surface area contributed by atoms with Crippen molar-refractivity contribution in [2.75, 3.05) is 39.4 Å². The number of piperidine rings is 1. The fourth-order valence-electron chi connectivity index (χ4n) is 2.51. The number of unbranched alkanes of at least 4 members (excludes halogenated alkanes) is 1. The van der Waals surface area contributed by atoms with Crippen molar-refractivity contribution in [3.8, 4) is 0 Å². The van der Waals surface area contributed by atoms with Crippen LogP contribution in [0.25, 0.3) is 0 Å². The van der Waals surface area contributed by atoms with Gasteiger partial charge in [-0.3, -0.25) is 0 Å². The van der Waals surface area contributed by atoms with Gasteiger partial charge in [0.25, 0.3) is 0 Å². The molecule has 0 bridgehead atoms. The summed E-state index contributed by atoms with van der Waals surface area (Å²) >= 11 is 0. The van der Waals surface area contributed by atoms with Gasteiger partial charge in [-0.05, 0) is 45.2 Å². The van der Waals surface area contributed by atoms with Gasteiger partial charge < -0.3 is 15.0 Å². The molecule has 0 amide bonds. The van der Waals surface area contributed by atoms with Gasteiger partial charge in [0.1, 0.15) is 0 Å². The molecule has 1 aliphatic rings. The lowest BCUT2D eigenvalue weighted by atomic mass is 10.1. The third kappa shape index (κ3) is 7.34. The largest absolute Gasteiger partial charge is 0.381 e. The number of nitrogens with one attached hydrogen (secondary N) is 1. The van der Waals surface area contributed by atoms with Crippen molar-refractivity contribution < 1.29 is 4.74 Å². The first kappa shape index (κ1) is 15.9. The van der Waals surface area contributed by atoms with Crippen LogP contribution in [0.5, 0.6) is 0 Å². The second-order valence-electron chi connectivity index (χ2n) is 5.41. The molecule has 0 aromatic carbocycles. The Hall–Kier alpha value is -0.120. The summed E-state index contributed by atoms with van der Waals surface area (Å²) in [5.41, 5.74) is 0. The topological polar surface area (TPSA) is 24.5 Å². The first-order chi connectivity index (χ1) is 8.86. The Kier molecular flexibility index (Phi) is 9.54. The Bertz CT molecular complexity index is 187. The standard InChI is InChI=1S/C15H32N2O/c1-3-5-12-18-13-7-11-17-10-6-8-15(14-17)16-9-4-2/h15-16H,3-14H2,1-2H3. The third-order valence-electron chi connectivity index (χ3n) is 3.59. The maximum absolute atomic E-state index is 5.61. The van der Waals surface area contributed by atoms with E-state index in [1.807, 2.05) is 0 Å². The fourth-order valence-corrected chi connectivity index (χ4v) is 2.51. The van der Waals surface area contributed by atoms with Gasteiger partial charge >= 0.3 is 0 Å². The highest BCUT2D eigenvalue weighted by Gasteiger charge is 2.18. The zero-order chi connectivity index (χ0) is 13.1. The molecule has 1 fully saturated rings. The van der Waals surface area contributed by atoms with Crippen molar-refractivity contribution in [2.24, 2.45) is 0 Å². The van der Waals surface area contributed by atoms with Crippen LogP contribution in [-0.2, 0) is 4.74 Å². The molecule has 108 valence electrons. The van der Waals surface area contributed by atoms with Crippen LogP contribution in [0, 0.1) is 0 Å². The summed E-state index contributed by atoms with van der Waals surface area (Å²) in [4.78, 5) is 2.60. The Balaban J connectivity index is 2.00. The number of hydrogen-bond donors (Lipinski definition) is 1. The van der Waals surface area contributed by atoms with Crippen molar-refractivity contribution in [1.82, 2.24) is 10.2 Å². The average molecular weight is 256 g/mol. The first-order valence-electron chi connectivity index (χ1n) is 7.90. The molecular formula is C15H32N2O. The maximum atomic E-state index is 5.61. The van der Waals surface area contributed by atoms with Crippen LogP contribution in [0.4, 0.5) is 0 Å². The Morgan fingerprint density at radius 2 is 2.00 bits per heavy atom. The summed E-state index contributed by atoms with van der Waals surface area (Å²) < 4.78 is 5.61. The highest BCUT2D eigenvalue weighted by Crippen LogP contribution is 2.10. The zero-order valence-corrected chi connectivity index (χ0v) is 12.4. The van der Waals surface area contributed by atoms with Crippen molar-refractivity contribution in [3.05, 3.63) is 0 Å². The lowest BCUT2D eigenvalue weighted by Gasteiger charge is -2.33. The van der Waals surface area contributed by atoms with Gasteiger partial charge in [0, 0.05) is 32.3 Å². The molecule has 0 aliphatic carbocycles. The quantitative estimate of drug-likeness (QED) is 0.608. The van der Waals surface area contributed by atoms with E-state index < -0.39 is 0 Å². The molecule has 1 heterocycles. The molecule has 1 aliphatic heterocycles. The van der Waals surface area contributed by atoms with Gasteiger partial charge in [0.05, 0.1) is 0 Å². The number of nitrogens with zero attached hydrogens (tertiary/aromatic N) is 1. The first-order valence-corrected chi connectivity index (χ1v) is 7.90. The van der Waals surface area contributed by atoms with Crippen LogP contribution >= 0.6 is 0 Å². The van der Waals surface area contributed by atoms with Crippen LogP contribution in [0.2, 0.25) is 0 Å². The molecule has 0 radical (unpaired) electrons. The van der Waals surface area contributed by atoms with Gasteiger partial charge in [-0.15, -0.1) is 0 Å². The van der Waals surface area contributed by atoms with Crippen LogP contribution in [0.1, 0.15) is 52.4 Å². The van der Waals surface area contributed by atoms with E-state index in [1.54, 1.807) is 0 Å². The van der Waals surface area contributed by atoms with E-state index in [4.69, 9.17) is 4.74 Å². The monoisotopic (exact) mass is 256 g/mol. The molecule has 0 spiro atoms. The van der Waals surface area contributed by atoms with E-state index in [0.29, 0.717) is 0 Å². The summed E-state index contributed by atoms with van der Waals surface area (Å²) in [5, 5.41) is 3.65. The molecule has 0 aromatic heterocycles. The fraction of sp³-hybridized carbons (Fsp3) is 1.00. The van der Waals surface area contributed by atoms with E-state index in [-0.39, 0.29) is 0 Å². The summed E-state index contributed by atoms with van der Waals surface area (Å²) in [5.74, 6) is 0. The maximum Gasteiger partial charge on any atom is 0.0478 e. The van der Waals surface area contributed by atoms with Gasteiger partial charge in [-0.25, -0.2) is 0 Å². The van der Waals surface area contributed by atoms with Crippen LogP contribution in [0.15, 0.2) is 0 Å². The molecule has 1 saturated heterocycles. The normalized spacial score (nSPS) is 21.3. The van der Waals surface area contributed by atoms with Crippen LogP contribution < -0.4 is 5.32 Å². The predicted octanol–water partition coefficient (Wildman–Crippen LogP) is 2.66. The highest BCUT2D eigenvalue weighted by molar-refractivity contribution is 4.77. The molecule has 1 rings (SSSR count). The smallest absolute Gasteiger partial charge is 0.0478 e. The van der Waals surface area contributed by atoms with Gasteiger partial charge in [0.2, 0.25) is 0 Å². The van der Waals surface area contributed by atoms with Crippen molar-refractivity contribution in [3.63, 3.8) is 0 Å². The number of hydrogen-bond acceptors (Lipinski definition) is 3. The van der Waals surface area contributed by atoms with Gasteiger partial charge in [-0.1, -0.05) is 20.3 Å².